The Kier molecular flexibility index (Phi) is 6.75. The molecule has 0 fully saturated rings. The summed E-state index contributed by atoms with van der Waals surface area (Å²) >= 11 is 1.59. The van der Waals surface area contributed by atoms with Crippen molar-refractivity contribution in [3.05, 3.63) is 54.1 Å². The Morgan fingerprint density at radius 3 is 2.71 bits per heavy atom. The molecular weight excluding hydrogens is 322 g/mol. The first-order chi connectivity index (χ1) is 11.7. The zero-order chi connectivity index (χ0) is 17.4. The first kappa shape index (κ1) is 17.9. The van der Waals surface area contributed by atoms with E-state index in [0.29, 0.717) is 18.1 Å². The van der Waals surface area contributed by atoms with Gasteiger partial charge in [-0.2, -0.15) is 0 Å². The van der Waals surface area contributed by atoms with E-state index in [0.717, 1.165) is 16.1 Å². The van der Waals surface area contributed by atoms with Crippen LogP contribution in [0.3, 0.4) is 0 Å². The number of anilines is 1. The second kappa shape index (κ2) is 9.03. The number of rotatable bonds is 7. The summed E-state index contributed by atoms with van der Waals surface area (Å²) in [4.78, 5) is 13.2. The molecule has 2 aromatic carbocycles. The van der Waals surface area contributed by atoms with Gasteiger partial charge in [-0.05, 0) is 49.1 Å². The molecule has 24 heavy (non-hydrogen) atoms. The Bertz CT molecular complexity index is 728. The van der Waals surface area contributed by atoms with Gasteiger partial charge in [0, 0.05) is 11.0 Å². The third-order valence-corrected chi connectivity index (χ3v) is 4.08. The molecule has 4 nitrogen and oxygen atoms in total. The summed E-state index contributed by atoms with van der Waals surface area (Å²) in [6.45, 7) is 2.47. The fourth-order valence-corrected chi connectivity index (χ4v) is 2.71. The van der Waals surface area contributed by atoms with Crippen molar-refractivity contribution < 1.29 is 14.3 Å². The molecular formula is C19H21NO3S. The normalized spacial score (nSPS) is 10.6. The number of para-hydroxylation sites is 1. The highest BCUT2D eigenvalue weighted by atomic mass is 32.2. The van der Waals surface area contributed by atoms with Crippen molar-refractivity contribution in [2.75, 3.05) is 25.3 Å². The third-order valence-electron chi connectivity index (χ3n) is 3.28. The van der Waals surface area contributed by atoms with Crippen molar-refractivity contribution in [1.29, 1.82) is 0 Å². The number of carbonyl (C=O) groups is 1. The zero-order valence-electron chi connectivity index (χ0n) is 14.0. The molecule has 0 saturated carbocycles. The Hall–Kier alpha value is -2.40. The van der Waals surface area contributed by atoms with Gasteiger partial charge in [-0.1, -0.05) is 18.2 Å². The highest BCUT2D eigenvalue weighted by Gasteiger charge is 2.05. The van der Waals surface area contributed by atoms with Crippen LogP contribution in [0.4, 0.5) is 5.69 Å². The van der Waals surface area contributed by atoms with Crippen molar-refractivity contribution in [2.45, 2.75) is 11.8 Å². The summed E-state index contributed by atoms with van der Waals surface area (Å²) in [7, 11) is 1.60. The Morgan fingerprint density at radius 2 is 2.00 bits per heavy atom. The van der Waals surface area contributed by atoms with Crippen molar-refractivity contribution in [2.24, 2.45) is 0 Å². The van der Waals surface area contributed by atoms with Gasteiger partial charge < -0.3 is 14.8 Å². The maximum absolute atomic E-state index is 12.1. The lowest BCUT2D eigenvalue weighted by Crippen LogP contribution is -2.08. The van der Waals surface area contributed by atoms with Crippen LogP contribution in [0.2, 0.25) is 0 Å². The minimum atomic E-state index is -0.176. The smallest absolute Gasteiger partial charge is 0.248 e. The van der Waals surface area contributed by atoms with Gasteiger partial charge in [-0.3, -0.25) is 4.79 Å². The van der Waals surface area contributed by atoms with Crippen LogP contribution in [0.15, 0.2) is 53.4 Å². The van der Waals surface area contributed by atoms with E-state index in [1.807, 2.05) is 55.6 Å². The Labute approximate surface area is 146 Å². The monoisotopic (exact) mass is 343 g/mol. The van der Waals surface area contributed by atoms with E-state index < -0.39 is 0 Å². The molecule has 0 aliphatic rings. The fraction of sp³-hybridized carbons (Fsp3) is 0.211. The van der Waals surface area contributed by atoms with E-state index in [1.54, 1.807) is 24.9 Å². The molecule has 0 aliphatic carbocycles. The standard InChI is InChI=1S/C19H21NO3S/c1-4-23-17-13-14(9-11-16(17)22-2)10-12-19(21)20-15-7-5-6-8-18(15)24-3/h5-13H,4H2,1-3H3,(H,20,21)/b12-10+. The molecule has 0 radical (unpaired) electrons. The molecule has 5 heteroatoms. The van der Waals surface area contributed by atoms with Crippen LogP contribution in [0.25, 0.3) is 6.08 Å². The number of methoxy groups -OCH3 is 1. The van der Waals surface area contributed by atoms with Gasteiger partial charge in [0.2, 0.25) is 5.91 Å². The highest BCUT2D eigenvalue weighted by Crippen LogP contribution is 2.28. The van der Waals surface area contributed by atoms with E-state index >= 15 is 0 Å². The van der Waals surface area contributed by atoms with Crippen LogP contribution in [-0.2, 0) is 4.79 Å². The van der Waals surface area contributed by atoms with E-state index in [4.69, 9.17) is 9.47 Å². The number of ether oxygens (including phenoxy) is 2. The lowest BCUT2D eigenvalue weighted by atomic mass is 10.2. The minimum absolute atomic E-state index is 0.176. The summed E-state index contributed by atoms with van der Waals surface area (Å²) in [6.07, 6.45) is 5.24. The van der Waals surface area contributed by atoms with Gasteiger partial charge >= 0.3 is 0 Å². The summed E-state index contributed by atoms with van der Waals surface area (Å²) in [5, 5.41) is 2.89. The Balaban J connectivity index is 2.09. The molecule has 126 valence electrons. The molecule has 1 amide bonds. The SMILES string of the molecule is CCOc1cc(/C=C/C(=O)Nc2ccccc2SC)ccc1OC. The number of amides is 1. The predicted octanol–water partition coefficient (Wildman–Crippen LogP) is 4.47. The van der Waals surface area contributed by atoms with E-state index in [9.17, 15) is 4.79 Å². The molecule has 0 unspecified atom stereocenters. The van der Waals surface area contributed by atoms with E-state index in [-0.39, 0.29) is 5.91 Å². The topological polar surface area (TPSA) is 47.6 Å². The van der Waals surface area contributed by atoms with Crippen LogP contribution < -0.4 is 14.8 Å². The number of hydrogen-bond acceptors (Lipinski definition) is 4. The first-order valence-electron chi connectivity index (χ1n) is 7.60. The van der Waals surface area contributed by atoms with Crippen molar-refractivity contribution in [3.8, 4) is 11.5 Å². The largest absolute Gasteiger partial charge is 0.493 e. The Morgan fingerprint density at radius 1 is 1.21 bits per heavy atom. The van der Waals surface area contributed by atoms with Gasteiger partial charge in [0.15, 0.2) is 11.5 Å². The van der Waals surface area contributed by atoms with E-state index in [2.05, 4.69) is 5.32 Å². The van der Waals surface area contributed by atoms with Gasteiger partial charge in [-0.15, -0.1) is 11.8 Å². The van der Waals surface area contributed by atoms with Crippen LogP contribution in [-0.4, -0.2) is 25.9 Å². The maximum Gasteiger partial charge on any atom is 0.248 e. The van der Waals surface area contributed by atoms with Gasteiger partial charge in [-0.25, -0.2) is 0 Å². The highest BCUT2D eigenvalue weighted by molar-refractivity contribution is 7.98. The molecule has 0 heterocycles. The van der Waals surface area contributed by atoms with Crippen LogP contribution >= 0.6 is 11.8 Å². The van der Waals surface area contributed by atoms with E-state index in [1.165, 1.54) is 6.08 Å². The van der Waals surface area contributed by atoms with Gasteiger partial charge in [0.05, 0.1) is 19.4 Å². The molecule has 0 aliphatic heterocycles. The minimum Gasteiger partial charge on any atom is -0.493 e. The molecule has 0 atom stereocenters. The molecule has 1 N–H and O–H groups in total. The van der Waals surface area contributed by atoms with Crippen LogP contribution in [0, 0.1) is 0 Å². The fourth-order valence-electron chi connectivity index (χ4n) is 2.16. The number of carbonyl (C=O) groups excluding carboxylic acids is 1. The van der Waals surface area contributed by atoms with Crippen LogP contribution in [0.5, 0.6) is 11.5 Å². The second-order valence-electron chi connectivity index (χ2n) is 4.87. The number of benzene rings is 2. The average Bonchev–Trinajstić information content (AvgIpc) is 2.61. The number of nitrogens with one attached hydrogen (secondary N) is 1. The lowest BCUT2D eigenvalue weighted by Gasteiger charge is -2.09. The van der Waals surface area contributed by atoms with Crippen molar-refractivity contribution in [1.82, 2.24) is 0 Å². The second-order valence-corrected chi connectivity index (χ2v) is 5.71. The van der Waals surface area contributed by atoms with Gasteiger partial charge in [0.1, 0.15) is 0 Å². The summed E-state index contributed by atoms with van der Waals surface area (Å²) in [6, 6.07) is 13.3. The summed E-state index contributed by atoms with van der Waals surface area (Å²) < 4.78 is 10.8. The zero-order valence-corrected chi connectivity index (χ0v) is 14.9. The van der Waals surface area contributed by atoms with Gasteiger partial charge in [0.25, 0.3) is 0 Å². The number of thioether (sulfide) groups is 1. The third kappa shape index (κ3) is 4.80. The van der Waals surface area contributed by atoms with Crippen LogP contribution in [0.1, 0.15) is 12.5 Å². The van der Waals surface area contributed by atoms with Crippen molar-refractivity contribution >= 4 is 29.4 Å². The molecule has 0 bridgehead atoms. The summed E-state index contributed by atoms with van der Waals surface area (Å²) in [5.74, 6) is 1.16. The summed E-state index contributed by atoms with van der Waals surface area (Å²) in [5.41, 5.74) is 1.68. The molecule has 0 saturated heterocycles. The lowest BCUT2D eigenvalue weighted by molar-refractivity contribution is -0.111. The molecule has 0 spiro atoms. The van der Waals surface area contributed by atoms with Crippen molar-refractivity contribution in [3.63, 3.8) is 0 Å². The molecule has 2 aromatic rings. The average molecular weight is 343 g/mol. The molecule has 2 rings (SSSR count). The number of hydrogen-bond donors (Lipinski definition) is 1. The predicted molar refractivity (Wildman–Crippen MR) is 100 cm³/mol. The first-order valence-corrected chi connectivity index (χ1v) is 8.83. The maximum atomic E-state index is 12.1. The molecule has 0 aromatic heterocycles. The quantitative estimate of drug-likeness (QED) is 0.595.